The van der Waals surface area contributed by atoms with Gasteiger partial charge in [0.25, 0.3) is 5.92 Å². The summed E-state index contributed by atoms with van der Waals surface area (Å²) in [6, 6.07) is 4.21. The van der Waals surface area contributed by atoms with Gasteiger partial charge in [-0.05, 0) is 24.3 Å². The van der Waals surface area contributed by atoms with E-state index in [9.17, 15) is 17.6 Å². The third-order valence-electron chi connectivity index (χ3n) is 5.11. The van der Waals surface area contributed by atoms with Gasteiger partial charge in [0.2, 0.25) is 0 Å². The monoisotopic (exact) mass is 578 g/mol. The Morgan fingerprint density at radius 2 is 1.92 bits per heavy atom. The van der Waals surface area contributed by atoms with Crippen molar-refractivity contribution in [2.75, 3.05) is 25.1 Å². The molecule has 37 heavy (non-hydrogen) atoms. The zero-order valence-corrected chi connectivity index (χ0v) is 23.0. The Labute approximate surface area is 222 Å². The number of nitrogens with zero attached hydrogens (tertiary/aromatic N) is 2. The number of rotatable bonds is 11. The Hall–Kier alpha value is -2.45. The van der Waals surface area contributed by atoms with E-state index in [4.69, 9.17) is 38.4 Å². The van der Waals surface area contributed by atoms with E-state index < -0.39 is 44.5 Å². The van der Waals surface area contributed by atoms with Crippen LogP contribution in [0, 0.1) is 11.6 Å². The van der Waals surface area contributed by atoms with Crippen molar-refractivity contribution in [3.8, 4) is 11.5 Å². The van der Waals surface area contributed by atoms with Gasteiger partial charge >= 0.3 is 0 Å². The number of aliphatic hydroxyl groups is 1. The van der Waals surface area contributed by atoms with Crippen molar-refractivity contribution < 1.29 is 32.1 Å². The molecule has 0 amide bonds. The van der Waals surface area contributed by atoms with E-state index in [1.165, 1.54) is 12.3 Å². The van der Waals surface area contributed by atoms with Crippen molar-refractivity contribution >= 4 is 53.7 Å². The van der Waals surface area contributed by atoms with Crippen LogP contribution in [0.15, 0.2) is 30.6 Å². The van der Waals surface area contributed by atoms with Gasteiger partial charge < -0.3 is 29.8 Å². The van der Waals surface area contributed by atoms with Gasteiger partial charge in [-0.3, -0.25) is 0 Å². The van der Waals surface area contributed by atoms with Crippen LogP contribution >= 0.6 is 23.8 Å². The van der Waals surface area contributed by atoms with E-state index in [1.807, 2.05) is 0 Å². The second-order valence-corrected chi connectivity index (χ2v) is 15.9. The highest BCUT2D eigenvalue weighted by molar-refractivity contribution is 7.80. The molecule has 0 aliphatic heterocycles. The summed E-state index contributed by atoms with van der Waals surface area (Å²) in [6.07, 6.45) is 3.03. The number of alkyl halides is 2. The number of nitrogens with one attached hydrogen (secondary N) is 2. The standard InChI is InChI=1S/C23H27ClF4N4O3SSi/c1-37(2,3)7-6-34-13-32-10-15(24)19-18(4-5-29-21(19)32)35-20-16(25)8-14(9-17(20)26)31-22(36)30-11-23(27,28)12-33/h4-5,8-10,33H,6-7,11-13H2,1-3H3,(H2,30,31,36). The summed E-state index contributed by atoms with van der Waals surface area (Å²) in [6.45, 7) is 5.19. The third kappa shape index (κ3) is 8.01. The Kier molecular flexibility index (Phi) is 9.40. The summed E-state index contributed by atoms with van der Waals surface area (Å²) in [5.74, 6) is -6.16. The van der Waals surface area contributed by atoms with Crippen LogP contribution in [-0.4, -0.2) is 53.5 Å². The first-order valence-electron chi connectivity index (χ1n) is 11.2. The van der Waals surface area contributed by atoms with Gasteiger partial charge in [0.1, 0.15) is 24.7 Å². The molecule has 202 valence electrons. The number of hydrogen-bond acceptors (Lipinski definition) is 5. The maximum Gasteiger partial charge on any atom is 0.287 e. The zero-order valence-electron chi connectivity index (χ0n) is 20.4. The molecule has 0 spiro atoms. The number of anilines is 1. The molecular formula is C23H27ClF4N4O3SSi. The van der Waals surface area contributed by atoms with E-state index in [0.29, 0.717) is 17.6 Å². The summed E-state index contributed by atoms with van der Waals surface area (Å²) in [5.41, 5.74) is 0.289. The lowest BCUT2D eigenvalue weighted by atomic mass is 10.2. The van der Waals surface area contributed by atoms with Crippen LogP contribution in [0.4, 0.5) is 23.2 Å². The zero-order chi connectivity index (χ0) is 27.4. The van der Waals surface area contributed by atoms with Gasteiger partial charge in [-0.2, -0.15) is 0 Å². The first kappa shape index (κ1) is 29.1. The largest absolute Gasteiger partial charge is 0.450 e. The molecule has 3 aromatic rings. The Morgan fingerprint density at radius 1 is 1.24 bits per heavy atom. The number of thiocarbonyl (C=S) groups is 1. The van der Waals surface area contributed by atoms with Gasteiger partial charge in [-0.25, -0.2) is 22.5 Å². The minimum Gasteiger partial charge on any atom is -0.450 e. The van der Waals surface area contributed by atoms with Crippen LogP contribution in [-0.2, 0) is 11.5 Å². The summed E-state index contributed by atoms with van der Waals surface area (Å²) in [4.78, 5) is 4.30. The number of fused-ring (bicyclic) bond motifs is 1. The normalized spacial score (nSPS) is 12.1. The minimum absolute atomic E-state index is 0.0813. The molecule has 7 nitrogen and oxygen atoms in total. The molecule has 2 heterocycles. The number of halogens is 5. The van der Waals surface area contributed by atoms with Crippen LogP contribution in [0.3, 0.4) is 0 Å². The Bertz CT molecular complexity index is 1250. The van der Waals surface area contributed by atoms with Gasteiger partial charge in [-0.1, -0.05) is 31.2 Å². The number of aliphatic hydroxyl groups excluding tert-OH is 1. The molecular weight excluding hydrogens is 552 g/mol. The molecule has 0 aliphatic rings. The van der Waals surface area contributed by atoms with Crippen LogP contribution in [0.2, 0.25) is 30.7 Å². The van der Waals surface area contributed by atoms with E-state index in [2.05, 4.69) is 35.3 Å². The fourth-order valence-electron chi connectivity index (χ4n) is 3.14. The lowest BCUT2D eigenvalue weighted by molar-refractivity contribution is -0.0442. The van der Waals surface area contributed by atoms with E-state index in [0.717, 1.165) is 18.2 Å². The lowest BCUT2D eigenvalue weighted by Crippen LogP contribution is -2.40. The van der Waals surface area contributed by atoms with Gasteiger partial charge in [0.15, 0.2) is 22.5 Å². The average molecular weight is 579 g/mol. The van der Waals surface area contributed by atoms with Crippen molar-refractivity contribution in [1.29, 1.82) is 0 Å². The first-order valence-corrected chi connectivity index (χ1v) is 15.7. The second-order valence-electron chi connectivity index (χ2n) is 9.50. The highest BCUT2D eigenvalue weighted by Gasteiger charge is 2.27. The summed E-state index contributed by atoms with van der Waals surface area (Å²) < 4.78 is 68.9. The van der Waals surface area contributed by atoms with Gasteiger partial charge in [0, 0.05) is 44.9 Å². The third-order valence-corrected chi connectivity index (χ3v) is 7.34. The molecule has 0 saturated carbocycles. The molecule has 2 aromatic heterocycles. The number of hydrogen-bond donors (Lipinski definition) is 3. The Balaban J connectivity index is 1.75. The minimum atomic E-state index is -3.41. The molecule has 0 unspecified atom stereocenters. The number of pyridine rings is 1. The maximum atomic E-state index is 14.8. The van der Waals surface area contributed by atoms with Crippen molar-refractivity contribution in [2.45, 2.75) is 38.3 Å². The molecule has 0 radical (unpaired) electrons. The molecule has 0 saturated heterocycles. The molecule has 0 bridgehead atoms. The summed E-state index contributed by atoms with van der Waals surface area (Å²) in [5, 5.41) is 13.5. The number of benzene rings is 1. The second kappa shape index (κ2) is 11.9. The van der Waals surface area contributed by atoms with Crippen molar-refractivity contribution in [1.82, 2.24) is 14.9 Å². The first-order chi connectivity index (χ1) is 17.3. The molecule has 3 rings (SSSR count). The van der Waals surface area contributed by atoms with Crippen molar-refractivity contribution in [2.24, 2.45) is 0 Å². The van der Waals surface area contributed by atoms with Crippen LogP contribution in [0.1, 0.15) is 0 Å². The lowest BCUT2D eigenvalue weighted by Gasteiger charge is -2.17. The SMILES string of the molecule is C[Si](C)(C)CCOCn1cc(Cl)c2c(Oc3c(F)cc(NC(=S)NCC(F)(F)CO)cc3F)ccnc21. The fraction of sp³-hybridized carbons (Fsp3) is 0.391. The highest BCUT2D eigenvalue weighted by Crippen LogP contribution is 2.37. The van der Waals surface area contributed by atoms with Crippen LogP contribution < -0.4 is 15.4 Å². The molecule has 1 aromatic carbocycles. The maximum absolute atomic E-state index is 14.8. The van der Waals surface area contributed by atoms with Gasteiger partial charge in [0.05, 0.1) is 17.0 Å². The molecule has 0 fully saturated rings. The van der Waals surface area contributed by atoms with E-state index >= 15 is 0 Å². The number of ether oxygens (including phenoxy) is 2. The van der Waals surface area contributed by atoms with Crippen molar-refractivity contribution in [3.05, 3.63) is 47.2 Å². The fourth-order valence-corrected chi connectivity index (χ4v) is 4.39. The summed E-state index contributed by atoms with van der Waals surface area (Å²) in [7, 11) is -1.26. The van der Waals surface area contributed by atoms with Crippen molar-refractivity contribution in [3.63, 3.8) is 0 Å². The molecule has 3 N–H and O–H groups in total. The molecule has 0 aliphatic carbocycles. The number of aromatic nitrogens is 2. The van der Waals surface area contributed by atoms with E-state index in [-0.39, 0.29) is 28.3 Å². The Morgan fingerprint density at radius 3 is 2.54 bits per heavy atom. The van der Waals surface area contributed by atoms with Crippen LogP contribution in [0.5, 0.6) is 11.5 Å². The molecule has 0 atom stereocenters. The summed E-state index contributed by atoms with van der Waals surface area (Å²) >= 11 is 11.2. The smallest absolute Gasteiger partial charge is 0.287 e. The van der Waals surface area contributed by atoms with E-state index in [1.54, 1.807) is 10.8 Å². The quantitative estimate of drug-likeness (QED) is 0.112. The predicted molar refractivity (Wildman–Crippen MR) is 142 cm³/mol. The van der Waals surface area contributed by atoms with Gasteiger partial charge in [-0.15, -0.1) is 0 Å². The predicted octanol–water partition coefficient (Wildman–Crippen LogP) is 5.99. The molecule has 14 heteroatoms. The topological polar surface area (TPSA) is 80.6 Å². The van der Waals surface area contributed by atoms with Crippen LogP contribution in [0.25, 0.3) is 11.0 Å². The average Bonchev–Trinajstić information content (AvgIpc) is 3.13. The highest BCUT2D eigenvalue weighted by atomic mass is 35.5.